The summed E-state index contributed by atoms with van der Waals surface area (Å²) in [6, 6.07) is 71.5. The molecule has 9 aromatic carbocycles. The molecule has 0 aliphatic rings. The van der Waals surface area contributed by atoms with E-state index in [1.165, 1.54) is 43.8 Å². The van der Waals surface area contributed by atoms with E-state index in [1.807, 2.05) is 0 Å². The van der Waals surface area contributed by atoms with Gasteiger partial charge >= 0.3 is 0 Å². The molecule has 0 aliphatic heterocycles. The summed E-state index contributed by atoms with van der Waals surface area (Å²) in [5.41, 5.74) is 13.8. The van der Waals surface area contributed by atoms with E-state index >= 15 is 0 Å². The minimum atomic E-state index is -0.0196. The average Bonchev–Trinajstić information content (AvgIpc) is 3.32. The van der Waals surface area contributed by atoms with Crippen molar-refractivity contribution in [1.82, 2.24) is 0 Å². The summed E-state index contributed by atoms with van der Waals surface area (Å²) in [6.07, 6.45) is 0. The maximum Gasteiger partial charge on any atom is 0.0888 e. The number of benzene rings is 9. The van der Waals surface area contributed by atoms with Crippen LogP contribution in [0.15, 0.2) is 194 Å². The Morgan fingerprint density at radius 2 is 0.514 bits per heavy atom. The quantitative estimate of drug-likeness (QED) is 0.143. The van der Waals surface area contributed by atoms with Crippen LogP contribution >= 0.6 is 11.6 Å². The highest BCUT2D eigenvalue weighted by Gasteiger charge is 2.28. The van der Waals surface area contributed by atoms with E-state index in [0.29, 0.717) is 5.02 Å². The summed E-state index contributed by atoms with van der Waals surface area (Å²) >= 11 is 8.24. The molecular formula is C66H68ClN3. The molecule has 0 aliphatic carbocycles. The van der Waals surface area contributed by atoms with Crippen molar-refractivity contribution < 1.29 is 0 Å². The molecular weight excluding hydrogens is 870 g/mol. The first kappa shape index (κ1) is 48.2. The minimum Gasteiger partial charge on any atom is -0.310 e. The Morgan fingerprint density at radius 3 is 0.786 bits per heavy atom. The molecule has 0 fully saturated rings. The van der Waals surface area contributed by atoms with Crippen LogP contribution in [0.1, 0.15) is 105 Å². The van der Waals surface area contributed by atoms with Crippen LogP contribution in [-0.2, 0) is 21.7 Å². The molecule has 70 heavy (non-hydrogen) atoms. The summed E-state index contributed by atoms with van der Waals surface area (Å²) in [5, 5.41) is 5.34. The maximum atomic E-state index is 8.24. The van der Waals surface area contributed by atoms with Crippen molar-refractivity contribution in [1.29, 1.82) is 0 Å². The third-order valence-electron chi connectivity index (χ3n) is 13.7. The van der Waals surface area contributed by atoms with Gasteiger partial charge in [-0.05, 0) is 150 Å². The molecule has 0 amide bonds. The van der Waals surface area contributed by atoms with E-state index in [4.69, 9.17) is 11.6 Å². The van der Waals surface area contributed by atoms with Crippen molar-refractivity contribution in [3.63, 3.8) is 0 Å². The van der Waals surface area contributed by atoms with Gasteiger partial charge in [-0.1, -0.05) is 204 Å². The molecule has 0 atom stereocenters. The summed E-state index contributed by atoms with van der Waals surface area (Å²) < 4.78 is 0. The summed E-state index contributed by atoms with van der Waals surface area (Å²) in [6.45, 7) is 27.2. The fourth-order valence-corrected chi connectivity index (χ4v) is 9.69. The molecule has 0 unspecified atom stereocenters. The van der Waals surface area contributed by atoms with E-state index in [2.05, 4.69) is 292 Å². The molecule has 0 saturated heterocycles. The van der Waals surface area contributed by atoms with Crippen LogP contribution < -0.4 is 14.7 Å². The van der Waals surface area contributed by atoms with Crippen LogP contribution in [0.5, 0.6) is 0 Å². The molecule has 4 heteroatoms. The zero-order valence-corrected chi connectivity index (χ0v) is 44.0. The molecule has 0 bridgehead atoms. The van der Waals surface area contributed by atoms with Crippen LogP contribution in [0.4, 0.5) is 51.2 Å². The average molecular weight is 939 g/mol. The molecule has 3 nitrogen and oxygen atoms in total. The van der Waals surface area contributed by atoms with Crippen molar-refractivity contribution in [3.05, 3.63) is 221 Å². The van der Waals surface area contributed by atoms with Crippen LogP contribution in [0.2, 0.25) is 5.02 Å². The van der Waals surface area contributed by atoms with Gasteiger partial charge in [0.2, 0.25) is 0 Å². The first-order valence-corrected chi connectivity index (χ1v) is 25.2. The zero-order chi connectivity index (χ0) is 49.8. The highest BCUT2D eigenvalue weighted by atomic mass is 35.5. The van der Waals surface area contributed by atoms with Gasteiger partial charge in [-0.2, -0.15) is 0 Å². The number of anilines is 9. The standard InChI is InChI=1S/C66H68ClN3/c1-63(2,3)49-23-33-53(34-24-49)69(54-35-25-50(26-36-54)64(4,5)6)60-43-59(68(57-31-21-45-17-13-15-19-47(45)41-57)58-32-22-46-18-14-16-20-48(46)42-58)44-61(62(60)67)70(55-37-27-51(28-38-55)65(7,8)9)56-39-29-52(30-40-56)66(10,11)12/h13-44H,1-12H3. The van der Waals surface area contributed by atoms with E-state index in [0.717, 1.165) is 51.2 Å². The summed E-state index contributed by atoms with van der Waals surface area (Å²) in [7, 11) is 0. The van der Waals surface area contributed by atoms with Gasteiger partial charge in [0.25, 0.3) is 0 Å². The summed E-state index contributed by atoms with van der Waals surface area (Å²) in [5.74, 6) is 0. The monoisotopic (exact) mass is 938 g/mol. The lowest BCUT2D eigenvalue weighted by atomic mass is 9.86. The largest absolute Gasteiger partial charge is 0.310 e. The first-order valence-electron chi connectivity index (χ1n) is 24.8. The number of rotatable bonds is 9. The van der Waals surface area contributed by atoms with Crippen molar-refractivity contribution in [2.45, 2.75) is 105 Å². The molecule has 0 N–H and O–H groups in total. The minimum absolute atomic E-state index is 0.0196. The fourth-order valence-electron chi connectivity index (χ4n) is 9.41. The Hall–Kier alpha value is -6.81. The van der Waals surface area contributed by atoms with Crippen molar-refractivity contribution >= 4 is 84.3 Å². The van der Waals surface area contributed by atoms with Gasteiger partial charge in [0.05, 0.1) is 22.1 Å². The predicted octanol–water partition coefficient (Wildman–Crippen LogP) is 20.2. The van der Waals surface area contributed by atoms with Gasteiger partial charge in [-0.25, -0.2) is 0 Å². The van der Waals surface area contributed by atoms with Gasteiger partial charge in [-0.15, -0.1) is 0 Å². The second kappa shape index (κ2) is 18.5. The number of nitrogens with zero attached hydrogens (tertiary/aromatic N) is 3. The fraction of sp³-hybridized carbons (Fsp3) is 0.242. The van der Waals surface area contributed by atoms with Crippen molar-refractivity contribution in [2.24, 2.45) is 0 Å². The van der Waals surface area contributed by atoms with Crippen LogP contribution in [-0.4, -0.2) is 0 Å². The summed E-state index contributed by atoms with van der Waals surface area (Å²) in [4.78, 5) is 7.09. The highest BCUT2D eigenvalue weighted by molar-refractivity contribution is 6.37. The molecule has 0 spiro atoms. The van der Waals surface area contributed by atoms with Crippen LogP contribution in [0.25, 0.3) is 21.5 Å². The van der Waals surface area contributed by atoms with Gasteiger partial charge in [0.15, 0.2) is 0 Å². The van der Waals surface area contributed by atoms with E-state index < -0.39 is 0 Å². The van der Waals surface area contributed by atoms with Crippen molar-refractivity contribution in [2.75, 3.05) is 14.7 Å². The Labute approximate surface area is 423 Å². The Morgan fingerprint density at radius 1 is 0.257 bits per heavy atom. The Balaban J connectivity index is 1.39. The Kier molecular flexibility index (Phi) is 12.7. The molecule has 0 radical (unpaired) electrons. The second-order valence-corrected chi connectivity index (χ2v) is 23.4. The highest BCUT2D eigenvalue weighted by Crippen LogP contribution is 2.52. The lowest BCUT2D eigenvalue weighted by Crippen LogP contribution is -2.18. The van der Waals surface area contributed by atoms with Gasteiger partial charge in [0, 0.05) is 34.1 Å². The number of hydrogen-bond donors (Lipinski definition) is 0. The third-order valence-corrected chi connectivity index (χ3v) is 14.1. The van der Waals surface area contributed by atoms with Gasteiger partial charge < -0.3 is 14.7 Å². The molecule has 0 heterocycles. The Bertz CT molecular complexity index is 2950. The second-order valence-electron chi connectivity index (χ2n) is 23.1. The van der Waals surface area contributed by atoms with Crippen molar-refractivity contribution in [3.8, 4) is 0 Å². The molecule has 354 valence electrons. The SMILES string of the molecule is CC(C)(C)c1ccc(N(c2ccc(C(C)(C)C)cc2)c2cc(N(c3ccc4ccccc4c3)c3ccc4ccccc4c3)cc(N(c3ccc(C(C)(C)C)cc3)c3ccc(C(C)(C)C)cc3)c2Cl)cc1. The van der Waals surface area contributed by atoms with E-state index in [9.17, 15) is 0 Å². The first-order chi connectivity index (χ1) is 33.1. The molecule has 0 aromatic heterocycles. The number of fused-ring (bicyclic) bond motifs is 2. The lowest BCUT2D eigenvalue weighted by molar-refractivity contribution is 0.590. The number of halogens is 1. The topological polar surface area (TPSA) is 9.72 Å². The zero-order valence-electron chi connectivity index (χ0n) is 43.2. The molecule has 9 rings (SSSR count). The van der Waals surface area contributed by atoms with Crippen LogP contribution in [0, 0.1) is 0 Å². The maximum absolute atomic E-state index is 8.24. The lowest BCUT2D eigenvalue weighted by Gasteiger charge is -2.35. The predicted molar refractivity (Wildman–Crippen MR) is 305 cm³/mol. The smallest absolute Gasteiger partial charge is 0.0888 e. The third kappa shape index (κ3) is 9.96. The molecule has 0 saturated carbocycles. The van der Waals surface area contributed by atoms with Gasteiger partial charge in [-0.3, -0.25) is 0 Å². The van der Waals surface area contributed by atoms with Crippen LogP contribution in [0.3, 0.4) is 0 Å². The molecule has 9 aromatic rings. The number of hydrogen-bond acceptors (Lipinski definition) is 3. The van der Waals surface area contributed by atoms with E-state index in [1.54, 1.807) is 0 Å². The van der Waals surface area contributed by atoms with E-state index in [-0.39, 0.29) is 21.7 Å². The van der Waals surface area contributed by atoms with Gasteiger partial charge in [0.1, 0.15) is 0 Å². The normalized spacial score (nSPS) is 12.4.